The van der Waals surface area contributed by atoms with Crippen LogP contribution in [0.5, 0.6) is 5.75 Å². The van der Waals surface area contributed by atoms with Gasteiger partial charge in [-0.15, -0.1) is 0 Å². The van der Waals surface area contributed by atoms with Crippen LogP contribution in [-0.2, 0) is 16.0 Å². The van der Waals surface area contributed by atoms with E-state index in [1.807, 2.05) is 12.1 Å². The molecule has 0 unspecified atom stereocenters. The van der Waals surface area contributed by atoms with E-state index in [-0.39, 0.29) is 18.8 Å². The lowest BCUT2D eigenvalue weighted by molar-refractivity contribution is 0.107. The molecular weight excluding hydrogens is 270 g/mol. The zero-order valence-electron chi connectivity index (χ0n) is 12.8. The Kier molecular flexibility index (Phi) is 6.45. The molecule has 2 rings (SSSR count). The lowest BCUT2D eigenvalue weighted by atomic mass is 10.2. The quantitative estimate of drug-likeness (QED) is 0.733. The van der Waals surface area contributed by atoms with Crippen molar-refractivity contribution in [2.24, 2.45) is 0 Å². The van der Waals surface area contributed by atoms with E-state index in [0.29, 0.717) is 13.2 Å². The fourth-order valence-corrected chi connectivity index (χ4v) is 2.66. The lowest BCUT2D eigenvalue weighted by Gasteiger charge is -2.22. The van der Waals surface area contributed by atoms with E-state index in [0.717, 1.165) is 25.3 Å². The largest absolute Gasteiger partial charge is 0.491 e. The maximum Gasteiger partial charge on any atom is 0.119 e. The smallest absolute Gasteiger partial charge is 0.119 e. The van der Waals surface area contributed by atoms with Crippen molar-refractivity contribution in [3.63, 3.8) is 0 Å². The van der Waals surface area contributed by atoms with Crippen molar-refractivity contribution in [3.05, 3.63) is 29.8 Å². The highest BCUT2D eigenvalue weighted by Gasteiger charge is 2.31. The molecule has 5 nitrogen and oxygen atoms in total. The Bertz CT molecular complexity index is 409. The summed E-state index contributed by atoms with van der Waals surface area (Å²) in [6.45, 7) is 3.02. The zero-order valence-corrected chi connectivity index (χ0v) is 12.8. The van der Waals surface area contributed by atoms with Gasteiger partial charge in [-0.05, 0) is 24.1 Å². The van der Waals surface area contributed by atoms with E-state index < -0.39 is 0 Å². The van der Waals surface area contributed by atoms with Gasteiger partial charge in [0.1, 0.15) is 12.4 Å². The highest BCUT2D eigenvalue weighted by atomic mass is 16.5. The minimum absolute atomic E-state index is 0.179. The number of nitrogens with zero attached hydrogens (tertiary/aromatic N) is 1. The Balaban J connectivity index is 1.87. The third kappa shape index (κ3) is 4.68. The topological polar surface area (TPSA) is 51.2 Å². The Labute approximate surface area is 126 Å². The number of hydrogen-bond donors (Lipinski definition) is 1. The summed E-state index contributed by atoms with van der Waals surface area (Å²) in [5.74, 6) is 0.852. The second kappa shape index (κ2) is 8.34. The van der Waals surface area contributed by atoms with Crippen LogP contribution in [0.1, 0.15) is 12.0 Å². The highest BCUT2D eigenvalue weighted by molar-refractivity contribution is 5.27. The molecule has 0 aliphatic carbocycles. The summed E-state index contributed by atoms with van der Waals surface area (Å²) >= 11 is 0. The summed E-state index contributed by atoms with van der Waals surface area (Å²) in [5.41, 5.74) is 1.21. The first kappa shape index (κ1) is 16.2. The number of aliphatic hydroxyl groups is 1. The maximum absolute atomic E-state index is 9.46. The van der Waals surface area contributed by atoms with E-state index in [4.69, 9.17) is 14.2 Å². The molecular formula is C16H25NO4. The van der Waals surface area contributed by atoms with E-state index in [9.17, 15) is 5.11 Å². The van der Waals surface area contributed by atoms with Crippen molar-refractivity contribution < 1.29 is 19.3 Å². The standard InChI is InChI=1S/C16H25NO4/c1-19-7-8-21-15-5-3-13(4-6-15)10-17-11-16(20-2)9-14(17)12-18/h3-6,14,16,18H,7-12H2,1-2H3/t14-,16+/m0/s1. The van der Waals surface area contributed by atoms with Gasteiger partial charge in [-0.3, -0.25) is 4.90 Å². The van der Waals surface area contributed by atoms with Gasteiger partial charge in [0.15, 0.2) is 0 Å². The van der Waals surface area contributed by atoms with E-state index in [2.05, 4.69) is 17.0 Å². The molecule has 1 aromatic rings. The van der Waals surface area contributed by atoms with Crippen LogP contribution in [-0.4, -0.2) is 62.7 Å². The number of aliphatic hydroxyl groups excluding tert-OH is 1. The van der Waals surface area contributed by atoms with Crippen molar-refractivity contribution in [2.45, 2.75) is 25.1 Å². The predicted molar refractivity (Wildman–Crippen MR) is 80.5 cm³/mol. The summed E-state index contributed by atoms with van der Waals surface area (Å²) < 4.78 is 15.9. The molecule has 1 fully saturated rings. The Morgan fingerprint density at radius 3 is 2.57 bits per heavy atom. The number of ether oxygens (including phenoxy) is 3. The summed E-state index contributed by atoms with van der Waals surface area (Å²) in [4.78, 5) is 2.27. The molecule has 118 valence electrons. The second-order valence-electron chi connectivity index (χ2n) is 5.34. The summed E-state index contributed by atoms with van der Waals surface area (Å²) in [5, 5.41) is 9.46. The number of benzene rings is 1. The fraction of sp³-hybridized carbons (Fsp3) is 0.625. The molecule has 1 heterocycles. The molecule has 1 aliphatic heterocycles. The molecule has 1 aromatic carbocycles. The first-order valence-corrected chi connectivity index (χ1v) is 7.35. The van der Waals surface area contributed by atoms with Gasteiger partial charge in [0.05, 0.1) is 19.3 Å². The molecule has 5 heteroatoms. The molecule has 21 heavy (non-hydrogen) atoms. The number of hydrogen-bond acceptors (Lipinski definition) is 5. The van der Waals surface area contributed by atoms with Gasteiger partial charge in [0, 0.05) is 33.4 Å². The van der Waals surface area contributed by atoms with Crippen LogP contribution in [0.2, 0.25) is 0 Å². The number of likely N-dealkylation sites (tertiary alicyclic amines) is 1. The van der Waals surface area contributed by atoms with Crippen molar-refractivity contribution >= 4 is 0 Å². The minimum Gasteiger partial charge on any atom is -0.491 e. The van der Waals surface area contributed by atoms with Gasteiger partial charge < -0.3 is 19.3 Å². The van der Waals surface area contributed by atoms with Crippen LogP contribution in [0, 0.1) is 0 Å². The lowest BCUT2D eigenvalue weighted by Crippen LogP contribution is -2.31. The van der Waals surface area contributed by atoms with Gasteiger partial charge in [0.2, 0.25) is 0 Å². The van der Waals surface area contributed by atoms with Gasteiger partial charge in [-0.2, -0.15) is 0 Å². The monoisotopic (exact) mass is 295 g/mol. The van der Waals surface area contributed by atoms with E-state index in [1.54, 1.807) is 14.2 Å². The highest BCUT2D eigenvalue weighted by Crippen LogP contribution is 2.23. The second-order valence-corrected chi connectivity index (χ2v) is 5.34. The van der Waals surface area contributed by atoms with E-state index in [1.165, 1.54) is 5.56 Å². The third-order valence-corrected chi connectivity index (χ3v) is 3.90. The van der Waals surface area contributed by atoms with Crippen LogP contribution in [0.4, 0.5) is 0 Å². The molecule has 0 radical (unpaired) electrons. The van der Waals surface area contributed by atoms with Crippen LogP contribution in [0.3, 0.4) is 0 Å². The molecule has 0 amide bonds. The number of methoxy groups -OCH3 is 2. The van der Waals surface area contributed by atoms with Crippen molar-refractivity contribution in [1.82, 2.24) is 4.90 Å². The molecule has 1 N–H and O–H groups in total. The predicted octanol–water partition coefficient (Wildman–Crippen LogP) is 1.29. The van der Waals surface area contributed by atoms with Gasteiger partial charge >= 0.3 is 0 Å². The summed E-state index contributed by atoms with van der Waals surface area (Å²) in [7, 11) is 3.39. The summed E-state index contributed by atoms with van der Waals surface area (Å²) in [6, 6.07) is 8.27. The van der Waals surface area contributed by atoms with Gasteiger partial charge in [-0.1, -0.05) is 12.1 Å². The normalized spacial score (nSPS) is 22.6. The summed E-state index contributed by atoms with van der Waals surface area (Å²) in [6.07, 6.45) is 1.12. The van der Waals surface area contributed by atoms with Gasteiger partial charge in [-0.25, -0.2) is 0 Å². The molecule has 0 saturated carbocycles. The molecule has 1 aliphatic rings. The van der Waals surface area contributed by atoms with Crippen LogP contribution in [0.15, 0.2) is 24.3 Å². The molecule has 0 bridgehead atoms. The maximum atomic E-state index is 9.46. The van der Waals surface area contributed by atoms with Crippen molar-refractivity contribution in [2.75, 3.05) is 40.6 Å². The molecule has 0 spiro atoms. The Morgan fingerprint density at radius 1 is 1.19 bits per heavy atom. The molecule has 1 saturated heterocycles. The average molecular weight is 295 g/mol. The number of rotatable bonds is 8. The van der Waals surface area contributed by atoms with Crippen LogP contribution < -0.4 is 4.74 Å². The van der Waals surface area contributed by atoms with E-state index >= 15 is 0 Å². The van der Waals surface area contributed by atoms with Crippen LogP contribution in [0.25, 0.3) is 0 Å². The van der Waals surface area contributed by atoms with Gasteiger partial charge in [0.25, 0.3) is 0 Å². The van der Waals surface area contributed by atoms with Crippen molar-refractivity contribution in [3.8, 4) is 5.75 Å². The average Bonchev–Trinajstić information content (AvgIpc) is 2.91. The molecule has 0 aromatic heterocycles. The molecule has 2 atom stereocenters. The SMILES string of the molecule is COCCOc1ccc(CN2C[C@H](OC)C[C@H]2CO)cc1. The minimum atomic E-state index is 0.179. The zero-order chi connectivity index (χ0) is 15.1. The van der Waals surface area contributed by atoms with Crippen LogP contribution >= 0.6 is 0 Å². The fourth-order valence-electron chi connectivity index (χ4n) is 2.66. The van der Waals surface area contributed by atoms with Crippen molar-refractivity contribution in [1.29, 1.82) is 0 Å². The Morgan fingerprint density at radius 2 is 1.95 bits per heavy atom. The Hall–Kier alpha value is -1.14. The first-order valence-electron chi connectivity index (χ1n) is 7.35. The first-order chi connectivity index (χ1) is 10.3. The third-order valence-electron chi connectivity index (χ3n) is 3.90.